The first-order chi connectivity index (χ1) is 22.0. The number of aryl methyl sites for hydroxylation is 1. The van der Waals surface area contributed by atoms with E-state index in [4.69, 9.17) is 9.40 Å². The molecule has 0 unspecified atom stereocenters. The van der Waals surface area contributed by atoms with Crippen LogP contribution in [-0.4, -0.2) is 15.9 Å². The molecule has 8 rings (SSSR count). The van der Waals surface area contributed by atoms with E-state index in [0.717, 1.165) is 64.4 Å². The Labute approximate surface area is 286 Å². The number of rotatable bonds is 5. The third-order valence-corrected chi connectivity index (χ3v) is 10.5. The van der Waals surface area contributed by atoms with Crippen LogP contribution in [-0.2, 0) is 24.9 Å². The topological polar surface area (TPSA) is 63.3 Å². The summed E-state index contributed by atoms with van der Waals surface area (Å²) in [4.78, 5) is 16.6. The first-order valence-electron chi connectivity index (χ1n) is 17.2. The SMILES string of the molecule is Cc1[c-]c(-c2nccc3cc(C4CCCCC4)ccc23)c2oc3ccccc3c2c1.O=C(/C=C(\O)C1CCCC1)C1CCCC1.[Ir]. The molecule has 2 heterocycles. The van der Waals surface area contributed by atoms with Crippen molar-refractivity contribution in [2.24, 2.45) is 11.8 Å². The number of para-hydroxylation sites is 1. The maximum atomic E-state index is 11.8. The van der Waals surface area contributed by atoms with Crippen LogP contribution in [0.25, 0.3) is 44.0 Å². The molecule has 3 aliphatic rings. The van der Waals surface area contributed by atoms with E-state index in [0.29, 0.717) is 11.7 Å². The number of benzene rings is 3. The van der Waals surface area contributed by atoms with Crippen molar-refractivity contribution in [3.8, 4) is 11.3 Å². The number of hydrogen-bond donors (Lipinski definition) is 1. The fourth-order valence-electron chi connectivity index (χ4n) is 7.97. The maximum absolute atomic E-state index is 11.8. The molecule has 5 heteroatoms. The van der Waals surface area contributed by atoms with Gasteiger partial charge >= 0.3 is 0 Å². The van der Waals surface area contributed by atoms with Gasteiger partial charge in [-0.25, -0.2) is 0 Å². The van der Waals surface area contributed by atoms with Crippen LogP contribution in [0.5, 0.6) is 0 Å². The van der Waals surface area contributed by atoms with Gasteiger partial charge in [-0.1, -0.05) is 99.2 Å². The van der Waals surface area contributed by atoms with Gasteiger partial charge in [0.05, 0.1) is 11.3 Å². The van der Waals surface area contributed by atoms with E-state index in [1.54, 1.807) is 0 Å². The average Bonchev–Trinajstić information content (AvgIpc) is 3.87. The third kappa shape index (κ3) is 6.87. The Morgan fingerprint density at radius 1 is 0.826 bits per heavy atom. The first kappa shape index (κ1) is 32.7. The van der Waals surface area contributed by atoms with Gasteiger partial charge in [0.25, 0.3) is 0 Å². The summed E-state index contributed by atoms with van der Waals surface area (Å²) >= 11 is 0. The van der Waals surface area contributed by atoms with Crippen LogP contribution in [0.15, 0.2) is 77.0 Å². The van der Waals surface area contributed by atoms with E-state index in [2.05, 4.69) is 55.5 Å². The Bertz CT molecular complexity index is 1850. The van der Waals surface area contributed by atoms with Gasteiger partial charge in [0.15, 0.2) is 5.78 Å². The normalized spacial score (nSPS) is 18.2. The maximum Gasteiger partial charge on any atom is 0.162 e. The Balaban J connectivity index is 0.000000197. The quantitative estimate of drug-likeness (QED) is 0.109. The Hall–Kier alpha value is -3.27. The van der Waals surface area contributed by atoms with Gasteiger partial charge in [0.1, 0.15) is 5.58 Å². The van der Waals surface area contributed by atoms with E-state index >= 15 is 0 Å². The van der Waals surface area contributed by atoms with Gasteiger partial charge in [-0.2, -0.15) is 0 Å². The fourth-order valence-corrected chi connectivity index (χ4v) is 7.97. The zero-order valence-corrected chi connectivity index (χ0v) is 29.2. The van der Waals surface area contributed by atoms with Crippen LogP contribution in [0.1, 0.15) is 101 Å². The number of allylic oxidation sites excluding steroid dienone is 2. The molecule has 3 saturated carbocycles. The van der Waals surface area contributed by atoms with Crippen molar-refractivity contribution in [1.29, 1.82) is 0 Å². The summed E-state index contributed by atoms with van der Waals surface area (Å²) in [6, 6.07) is 23.0. The van der Waals surface area contributed by atoms with Gasteiger partial charge in [0, 0.05) is 49.6 Å². The van der Waals surface area contributed by atoms with Crippen molar-refractivity contribution in [3.63, 3.8) is 0 Å². The molecular formula is C41H44IrNO3-. The van der Waals surface area contributed by atoms with E-state index in [1.807, 2.05) is 18.3 Å². The van der Waals surface area contributed by atoms with Crippen molar-refractivity contribution in [3.05, 3.63) is 89.8 Å². The van der Waals surface area contributed by atoms with Gasteiger partial charge in [-0.15, -0.1) is 17.7 Å². The number of nitrogens with zero attached hydrogens (tertiary/aromatic N) is 1. The molecule has 241 valence electrons. The predicted octanol–water partition coefficient (Wildman–Crippen LogP) is 11.3. The molecule has 0 amide bonds. The summed E-state index contributed by atoms with van der Waals surface area (Å²) in [5.41, 5.74) is 6.27. The molecule has 5 aromatic rings. The van der Waals surface area contributed by atoms with Crippen molar-refractivity contribution in [2.45, 2.75) is 96.3 Å². The van der Waals surface area contributed by atoms with Crippen LogP contribution in [0.2, 0.25) is 0 Å². The molecule has 0 bridgehead atoms. The number of aromatic nitrogens is 1. The number of aliphatic hydroxyl groups is 1. The molecule has 2 aromatic heterocycles. The number of fused-ring (bicyclic) bond motifs is 4. The van der Waals surface area contributed by atoms with Crippen LogP contribution >= 0.6 is 0 Å². The molecule has 3 fully saturated rings. The number of carbonyl (C=O) groups is 1. The minimum absolute atomic E-state index is 0. The monoisotopic (exact) mass is 791 g/mol. The average molecular weight is 791 g/mol. The largest absolute Gasteiger partial charge is 0.512 e. The number of hydrogen-bond acceptors (Lipinski definition) is 4. The molecule has 46 heavy (non-hydrogen) atoms. The van der Waals surface area contributed by atoms with Gasteiger partial charge in [0.2, 0.25) is 0 Å². The number of ketones is 1. The fraction of sp³-hybridized carbons (Fsp3) is 0.415. The molecule has 4 nitrogen and oxygen atoms in total. The van der Waals surface area contributed by atoms with E-state index in [1.165, 1.54) is 80.2 Å². The summed E-state index contributed by atoms with van der Waals surface area (Å²) < 4.78 is 6.29. The molecule has 0 atom stereocenters. The molecule has 0 spiro atoms. The second-order valence-corrected chi connectivity index (χ2v) is 13.6. The van der Waals surface area contributed by atoms with Crippen LogP contribution in [0.3, 0.4) is 0 Å². The molecule has 3 aromatic carbocycles. The van der Waals surface area contributed by atoms with Crippen molar-refractivity contribution in [2.75, 3.05) is 0 Å². The Kier molecular flexibility index (Phi) is 10.4. The first-order valence-corrected chi connectivity index (χ1v) is 17.2. The van der Waals surface area contributed by atoms with E-state index in [-0.39, 0.29) is 37.7 Å². The van der Waals surface area contributed by atoms with Crippen LogP contribution in [0.4, 0.5) is 0 Å². The number of aliphatic hydroxyl groups excluding tert-OH is 1. The summed E-state index contributed by atoms with van der Waals surface area (Å²) in [7, 11) is 0. The molecule has 3 aliphatic carbocycles. The Morgan fingerprint density at radius 2 is 1.52 bits per heavy atom. The molecule has 1 radical (unpaired) electrons. The molecule has 0 aliphatic heterocycles. The van der Waals surface area contributed by atoms with Gasteiger partial charge in [-0.3, -0.25) is 4.79 Å². The van der Waals surface area contributed by atoms with E-state index in [9.17, 15) is 9.90 Å². The van der Waals surface area contributed by atoms with Crippen molar-refractivity contribution >= 4 is 38.5 Å². The summed E-state index contributed by atoms with van der Waals surface area (Å²) in [5.74, 6) is 1.69. The van der Waals surface area contributed by atoms with Crippen LogP contribution in [0, 0.1) is 24.8 Å². The van der Waals surface area contributed by atoms with Gasteiger partial charge in [-0.05, 0) is 78.6 Å². The number of pyridine rings is 1. The van der Waals surface area contributed by atoms with E-state index < -0.39 is 0 Å². The molecular weight excluding hydrogens is 747 g/mol. The molecule has 1 N–H and O–H groups in total. The van der Waals surface area contributed by atoms with Crippen LogP contribution < -0.4 is 0 Å². The Morgan fingerprint density at radius 3 is 2.28 bits per heavy atom. The predicted molar refractivity (Wildman–Crippen MR) is 183 cm³/mol. The number of furan rings is 1. The minimum Gasteiger partial charge on any atom is -0.512 e. The van der Waals surface area contributed by atoms with Crippen molar-refractivity contribution < 1.29 is 34.4 Å². The summed E-state index contributed by atoms with van der Waals surface area (Å²) in [6.07, 6.45) is 19.1. The summed E-state index contributed by atoms with van der Waals surface area (Å²) in [6.45, 7) is 2.09. The zero-order valence-electron chi connectivity index (χ0n) is 26.8. The van der Waals surface area contributed by atoms with Gasteiger partial charge < -0.3 is 14.5 Å². The zero-order chi connectivity index (χ0) is 30.8. The summed E-state index contributed by atoms with van der Waals surface area (Å²) in [5, 5.41) is 14.5. The third-order valence-electron chi connectivity index (χ3n) is 10.5. The second-order valence-electron chi connectivity index (χ2n) is 13.6. The standard InChI is InChI=1S/C28H24NO.C13H20O2.Ir/c1-18-15-24-23-9-5-6-10-26(23)30-28(24)25(16-18)27-22-12-11-20(17-21(22)13-14-29-27)19-7-3-2-4-8-19;14-12(10-5-1-2-6-10)9-13(15)11-7-3-4-8-11;/h5-6,9-15,17,19H,2-4,7-8H2,1H3;9-11,14H,1-8H2;/q-1;;/b;12-9-;. The second kappa shape index (κ2) is 14.7. The smallest absolute Gasteiger partial charge is 0.162 e. The van der Waals surface area contributed by atoms with Crippen molar-refractivity contribution in [1.82, 2.24) is 4.98 Å². The minimum atomic E-state index is 0. The number of carbonyl (C=O) groups excluding carboxylic acids is 1. The molecule has 0 saturated heterocycles.